The highest BCUT2D eigenvalue weighted by Gasteiger charge is 2.11. The van der Waals surface area contributed by atoms with Crippen LogP contribution in [0.15, 0.2) is 79.1 Å². The molecule has 0 aliphatic rings. The molecule has 0 atom stereocenters. The first-order valence-electron chi connectivity index (χ1n) is 8.69. The second-order valence-electron chi connectivity index (χ2n) is 6.08. The lowest BCUT2D eigenvalue weighted by Crippen LogP contribution is -2.30. The molecule has 0 fully saturated rings. The molecular formula is C21H18N6O. The van der Waals surface area contributed by atoms with Crippen LogP contribution >= 0.6 is 0 Å². The Morgan fingerprint density at radius 1 is 0.821 bits per heavy atom. The minimum absolute atomic E-state index is 0.290. The van der Waals surface area contributed by atoms with E-state index in [0.29, 0.717) is 22.9 Å². The summed E-state index contributed by atoms with van der Waals surface area (Å²) in [5.41, 5.74) is 13.2. The Labute approximate surface area is 161 Å². The summed E-state index contributed by atoms with van der Waals surface area (Å²) in [5, 5.41) is 5.40. The number of hydrazine groups is 1. The standard InChI is InChI=1S/C21H18N6O/c22-18-19(25-17-12-6-10-14-7-4-5-11-16(14)17)23-13-24-20(18)26-27-21(28)15-8-2-1-3-9-15/h1-13H,22H2,(H,27,28)(H2,23,24,25,26). The van der Waals surface area contributed by atoms with Gasteiger partial charge in [0.25, 0.3) is 5.91 Å². The molecule has 1 aromatic heterocycles. The van der Waals surface area contributed by atoms with Crippen LogP contribution in [0.4, 0.5) is 23.0 Å². The molecule has 0 bridgehead atoms. The number of nitrogens with one attached hydrogen (secondary N) is 3. The van der Waals surface area contributed by atoms with E-state index in [2.05, 4.69) is 26.1 Å². The molecular weight excluding hydrogens is 352 g/mol. The van der Waals surface area contributed by atoms with E-state index in [4.69, 9.17) is 5.73 Å². The molecule has 3 aromatic carbocycles. The maximum Gasteiger partial charge on any atom is 0.269 e. The van der Waals surface area contributed by atoms with Gasteiger partial charge in [0.05, 0.1) is 0 Å². The highest BCUT2D eigenvalue weighted by atomic mass is 16.2. The number of rotatable bonds is 5. The number of hydrogen-bond donors (Lipinski definition) is 4. The fraction of sp³-hybridized carbons (Fsp3) is 0. The van der Waals surface area contributed by atoms with E-state index in [1.807, 2.05) is 48.5 Å². The van der Waals surface area contributed by atoms with E-state index < -0.39 is 0 Å². The molecule has 0 spiro atoms. The number of hydrogen-bond acceptors (Lipinski definition) is 6. The van der Waals surface area contributed by atoms with Crippen molar-refractivity contribution in [3.8, 4) is 0 Å². The maximum absolute atomic E-state index is 12.2. The molecule has 1 heterocycles. The van der Waals surface area contributed by atoms with Crippen molar-refractivity contribution in [1.82, 2.24) is 15.4 Å². The van der Waals surface area contributed by atoms with Crippen LogP contribution in [0.25, 0.3) is 10.8 Å². The van der Waals surface area contributed by atoms with Crippen molar-refractivity contribution in [3.63, 3.8) is 0 Å². The van der Waals surface area contributed by atoms with Crippen molar-refractivity contribution in [1.29, 1.82) is 0 Å². The predicted molar refractivity (Wildman–Crippen MR) is 111 cm³/mol. The first-order chi connectivity index (χ1) is 13.7. The molecule has 0 saturated carbocycles. The van der Waals surface area contributed by atoms with Gasteiger partial charge < -0.3 is 11.1 Å². The summed E-state index contributed by atoms with van der Waals surface area (Å²) < 4.78 is 0. The van der Waals surface area contributed by atoms with E-state index >= 15 is 0 Å². The number of nitrogens with two attached hydrogens (primary N) is 1. The van der Waals surface area contributed by atoms with Gasteiger partial charge in [-0.1, -0.05) is 54.6 Å². The molecule has 0 aliphatic carbocycles. The number of nitrogen functional groups attached to an aromatic ring is 1. The minimum Gasteiger partial charge on any atom is -0.393 e. The first-order valence-corrected chi connectivity index (χ1v) is 8.69. The van der Waals surface area contributed by atoms with Crippen LogP contribution in [0.5, 0.6) is 0 Å². The average Bonchev–Trinajstić information content (AvgIpc) is 2.75. The molecule has 0 unspecified atom stereocenters. The summed E-state index contributed by atoms with van der Waals surface area (Å²) in [5.74, 6) is 0.465. The summed E-state index contributed by atoms with van der Waals surface area (Å²) in [6, 6.07) is 22.8. The van der Waals surface area contributed by atoms with Gasteiger partial charge in [0.1, 0.15) is 12.0 Å². The monoisotopic (exact) mass is 370 g/mol. The number of anilines is 4. The molecule has 28 heavy (non-hydrogen) atoms. The van der Waals surface area contributed by atoms with Gasteiger partial charge in [-0.2, -0.15) is 0 Å². The smallest absolute Gasteiger partial charge is 0.269 e. The number of aromatic nitrogens is 2. The minimum atomic E-state index is -0.290. The SMILES string of the molecule is Nc1c(NNC(=O)c2ccccc2)ncnc1Nc1cccc2ccccc12. The van der Waals surface area contributed by atoms with Crippen molar-refractivity contribution >= 4 is 39.7 Å². The summed E-state index contributed by atoms with van der Waals surface area (Å²) in [6.07, 6.45) is 1.38. The highest BCUT2D eigenvalue weighted by molar-refractivity contribution is 5.97. The van der Waals surface area contributed by atoms with E-state index in [-0.39, 0.29) is 5.91 Å². The Morgan fingerprint density at radius 2 is 1.54 bits per heavy atom. The van der Waals surface area contributed by atoms with E-state index in [1.165, 1.54) is 6.33 Å². The zero-order valence-corrected chi connectivity index (χ0v) is 14.9. The molecule has 5 N–H and O–H groups in total. The van der Waals surface area contributed by atoms with Gasteiger partial charge in [0.2, 0.25) is 0 Å². The Kier molecular flexibility index (Phi) is 4.71. The second-order valence-corrected chi connectivity index (χ2v) is 6.08. The number of nitrogens with zero attached hydrogens (tertiary/aromatic N) is 2. The molecule has 4 rings (SSSR count). The number of fused-ring (bicyclic) bond motifs is 1. The van der Waals surface area contributed by atoms with Crippen molar-refractivity contribution < 1.29 is 4.79 Å². The lowest BCUT2D eigenvalue weighted by Gasteiger charge is -2.14. The van der Waals surface area contributed by atoms with Crippen LogP contribution in [-0.2, 0) is 0 Å². The Balaban J connectivity index is 1.54. The number of carbonyl (C=O) groups excluding carboxylic acids is 1. The van der Waals surface area contributed by atoms with Gasteiger partial charge in [-0.05, 0) is 23.6 Å². The third kappa shape index (κ3) is 3.54. The predicted octanol–water partition coefficient (Wildman–Crippen LogP) is 3.71. The van der Waals surface area contributed by atoms with Crippen LogP contribution < -0.4 is 21.9 Å². The molecule has 7 nitrogen and oxygen atoms in total. The normalized spacial score (nSPS) is 10.4. The first kappa shape index (κ1) is 17.3. The number of amides is 1. The van der Waals surface area contributed by atoms with Crippen molar-refractivity contribution in [3.05, 3.63) is 84.7 Å². The quantitative estimate of drug-likeness (QED) is 0.399. The Bertz CT molecular complexity index is 1120. The average molecular weight is 370 g/mol. The molecule has 7 heteroatoms. The number of benzene rings is 3. The number of carbonyl (C=O) groups is 1. The van der Waals surface area contributed by atoms with Crippen LogP contribution in [-0.4, -0.2) is 15.9 Å². The fourth-order valence-electron chi connectivity index (χ4n) is 2.83. The fourth-order valence-corrected chi connectivity index (χ4v) is 2.83. The molecule has 4 aromatic rings. The van der Waals surface area contributed by atoms with Gasteiger partial charge in [-0.15, -0.1) is 0 Å². The summed E-state index contributed by atoms with van der Waals surface area (Å²) in [6.45, 7) is 0. The molecule has 138 valence electrons. The zero-order chi connectivity index (χ0) is 19.3. The van der Waals surface area contributed by atoms with Crippen LogP contribution in [0, 0.1) is 0 Å². The maximum atomic E-state index is 12.2. The van der Waals surface area contributed by atoms with Gasteiger partial charge in [-0.3, -0.25) is 15.6 Å². The summed E-state index contributed by atoms with van der Waals surface area (Å²) >= 11 is 0. The largest absolute Gasteiger partial charge is 0.393 e. The van der Waals surface area contributed by atoms with Gasteiger partial charge in [0, 0.05) is 16.6 Å². The topological polar surface area (TPSA) is 105 Å². The van der Waals surface area contributed by atoms with Crippen LogP contribution in [0.2, 0.25) is 0 Å². The van der Waals surface area contributed by atoms with Crippen molar-refractivity contribution in [2.45, 2.75) is 0 Å². The van der Waals surface area contributed by atoms with Gasteiger partial charge in [0.15, 0.2) is 11.6 Å². The zero-order valence-electron chi connectivity index (χ0n) is 14.9. The Morgan fingerprint density at radius 3 is 2.39 bits per heavy atom. The lowest BCUT2D eigenvalue weighted by molar-refractivity contribution is 0.0962. The Hall–Kier alpha value is -4.13. The molecule has 0 saturated heterocycles. The summed E-state index contributed by atoms with van der Waals surface area (Å²) in [7, 11) is 0. The molecule has 0 aliphatic heterocycles. The third-order valence-corrected chi connectivity index (χ3v) is 4.26. The van der Waals surface area contributed by atoms with Crippen LogP contribution in [0.3, 0.4) is 0 Å². The molecule has 1 amide bonds. The van der Waals surface area contributed by atoms with E-state index in [0.717, 1.165) is 16.5 Å². The van der Waals surface area contributed by atoms with Crippen molar-refractivity contribution in [2.24, 2.45) is 0 Å². The van der Waals surface area contributed by atoms with E-state index in [1.54, 1.807) is 24.3 Å². The van der Waals surface area contributed by atoms with Gasteiger partial charge in [-0.25, -0.2) is 9.97 Å². The summed E-state index contributed by atoms with van der Waals surface area (Å²) in [4.78, 5) is 20.5. The third-order valence-electron chi connectivity index (χ3n) is 4.26. The van der Waals surface area contributed by atoms with Crippen LogP contribution in [0.1, 0.15) is 10.4 Å². The second kappa shape index (κ2) is 7.63. The van der Waals surface area contributed by atoms with Gasteiger partial charge >= 0.3 is 0 Å². The van der Waals surface area contributed by atoms with Crippen molar-refractivity contribution in [2.75, 3.05) is 16.5 Å². The molecule has 0 radical (unpaired) electrons. The van der Waals surface area contributed by atoms with E-state index in [9.17, 15) is 4.79 Å². The lowest BCUT2D eigenvalue weighted by atomic mass is 10.1. The highest BCUT2D eigenvalue weighted by Crippen LogP contribution is 2.29.